The molecule has 0 saturated heterocycles. The van der Waals surface area contributed by atoms with Gasteiger partial charge in [0, 0.05) is 12.8 Å². The highest BCUT2D eigenvalue weighted by Gasteiger charge is 2.45. The molecule has 0 unspecified atom stereocenters. The van der Waals surface area contributed by atoms with E-state index in [1.54, 1.807) is 0 Å². The molecule has 154 valence electrons. The number of aliphatic hydroxyl groups excluding tert-OH is 2. The van der Waals surface area contributed by atoms with Gasteiger partial charge in [-0.2, -0.15) is 5.10 Å². The average molecular weight is 396 g/mol. The van der Waals surface area contributed by atoms with Crippen LogP contribution in [0.4, 0.5) is 0 Å². The van der Waals surface area contributed by atoms with Crippen molar-refractivity contribution in [1.29, 1.82) is 0 Å². The van der Waals surface area contributed by atoms with E-state index in [2.05, 4.69) is 11.2 Å². The Morgan fingerprint density at radius 2 is 1.76 bits per heavy atom. The van der Waals surface area contributed by atoms with Gasteiger partial charge in [0.1, 0.15) is 11.3 Å². The van der Waals surface area contributed by atoms with E-state index in [1.807, 2.05) is 56.3 Å². The highest BCUT2D eigenvalue weighted by Crippen LogP contribution is 2.31. The minimum Gasteiger partial charge on any atom is -0.494 e. The number of carbonyl (C=O) groups excluding carboxylic acids is 1. The van der Waals surface area contributed by atoms with Crippen LogP contribution in [0.5, 0.6) is 5.75 Å². The van der Waals surface area contributed by atoms with E-state index < -0.39 is 5.54 Å². The summed E-state index contributed by atoms with van der Waals surface area (Å²) in [4.78, 5) is 12.8. The van der Waals surface area contributed by atoms with Crippen LogP contribution in [0, 0.1) is 13.8 Å². The van der Waals surface area contributed by atoms with Crippen molar-refractivity contribution in [2.24, 2.45) is 5.10 Å². The van der Waals surface area contributed by atoms with Crippen molar-refractivity contribution >= 4 is 11.6 Å². The molecule has 2 aromatic rings. The fraction of sp³-hybridized carbons (Fsp3) is 0.391. The van der Waals surface area contributed by atoms with Crippen LogP contribution in [0.15, 0.2) is 53.6 Å². The number of rotatable bonds is 8. The molecule has 0 saturated carbocycles. The number of aliphatic hydroxyl groups is 2. The van der Waals surface area contributed by atoms with Crippen LogP contribution in [-0.2, 0) is 4.79 Å². The summed E-state index contributed by atoms with van der Waals surface area (Å²) in [7, 11) is 0. The minimum absolute atomic E-state index is 0.220. The summed E-state index contributed by atoms with van der Waals surface area (Å²) in [6.45, 7) is 3.71. The molecule has 0 spiro atoms. The summed E-state index contributed by atoms with van der Waals surface area (Å²) < 4.78 is 5.64. The lowest BCUT2D eigenvalue weighted by Gasteiger charge is -2.32. The average Bonchev–Trinajstić information content (AvgIpc) is 3.12. The zero-order chi connectivity index (χ0) is 20.9. The third-order valence-corrected chi connectivity index (χ3v) is 5.09. The van der Waals surface area contributed by atoms with Crippen LogP contribution in [0.25, 0.3) is 0 Å². The lowest BCUT2D eigenvalue weighted by molar-refractivity contribution is -0.140. The molecule has 0 bridgehead atoms. The Morgan fingerprint density at radius 1 is 1.10 bits per heavy atom. The van der Waals surface area contributed by atoms with Crippen molar-refractivity contribution in [2.45, 2.75) is 38.6 Å². The molecule has 29 heavy (non-hydrogen) atoms. The zero-order valence-electron chi connectivity index (χ0n) is 17.0. The second kappa shape index (κ2) is 9.20. The molecule has 1 heterocycles. The first-order valence-corrected chi connectivity index (χ1v) is 9.86. The summed E-state index contributed by atoms with van der Waals surface area (Å²) in [5.74, 6) is 0.528. The molecule has 0 aliphatic carbocycles. The predicted octanol–water partition coefficient (Wildman–Crippen LogP) is 2.82. The fourth-order valence-electron chi connectivity index (χ4n) is 3.60. The van der Waals surface area contributed by atoms with Crippen LogP contribution in [0.1, 0.15) is 36.0 Å². The molecule has 6 heteroatoms. The lowest BCUT2D eigenvalue weighted by Crippen LogP contribution is -2.51. The maximum absolute atomic E-state index is 12.8. The van der Waals surface area contributed by atoms with Crippen molar-refractivity contribution in [3.8, 4) is 5.75 Å². The first-order valence-electron chi connectivity index (χ1n) is 9.86. The van der Waals surface area contributed by atoms with Gasteiger partial charge in [-0.25, -0.2) is 5.01 Å². The van der Waals surface area contributed by atoms with Crippen LogP contribution in [0.3, 0.4) is 0 Å². The Bertz CT molecular complexity index is 855. The van der Waals surface area contributed by atoms with Gasteiger partial charge in [0.25, 0.3) is 0 Å². The van der Waals surface area contributed by atoms with E-state index in [1.165, 1.54) is 5.01 Å². The molecular weight excluding hydrogens is 368 g/mol. The molecular formula is C23H28N2O4. The molecule has 0 fully saturated rings. The van der Waals surface area contributed by atoms with Crippen LogP contribution < -0.4 is 4.74 Å². The van der Waals surface area contributed by atoms with E-state index in [4.69, 9.17) is 4.74 Å². The summed E-state index contributed by atoms with van der Waals surface area (Å²) in [5, 5.41) is 25.7. The highest BCUT2D eigenvalue weighted by molar-refractivity contribution is 6.04. The smallest absolute Gasteiger partial charge is 0.243 e. The molecule has 6 nitrogen and oxygen atoms in total. The van der Waals surface area contributed by atoms with Crippen LogP contribution >= 0.6 is 0 Å². The first-order chi connectivity index (χ1) is 14.0. The summed E-state index contributed by atoms with van der Waals surface area (Å²) in [6, 6.07) is 15.5. The standard InChI is InChI=1S/C23H28N2O4/c1-17-11-18(2)13-19(12-17)21-14-23(15-26,16-27)25(24-21)22(28)9-6-10-29-20-7-4-3-5-8-20/h3-5,7-8,11-13,26-27H,6,9-10,14-16H2,1-2H3. The number of hydrogen-bond acceptors (Lipinski definition) is 5. The van der Waals surface area contributed by atoms with E-state index >= 15 is 0 Å². The Hall–Kier alpha value is -2.70. The summed E-state index contributed by atoms with van der Waals surface area (Å²) in [5.41, 5.74) is 2.71. The summed E-state index contributed by atoms with van der Waals surface area (Å²) in [6.07, 6.45) is 1.05. The lowest BCUT2D eigenvalue weighted by atomic mass is 9.91. The van der Waals surface area contributed by atoms with E-state index in [0.29, 0.717) is 25.2 Å². The maximum atomic E-state index is 12.8. The van der Waals surface area contributed by atoms with Gasteiger partial charge in [-0.1, -0.05) is 47.5 Å². The highest BCUT2D eigenvalue weighted by atomic mass is 16.5. The van der Waals surface area contributed by atoms with Crippen molar-refractivity contribution in [1.82, 2.24) is 5.01 Å². The Kier molecular flexibility index (Phi) is 6.67. The van der Waals surface area contributed by atoms with Crippen molar-refractivity contribution in [3.63, 3.8) is 0 Å². The number of amides is 1. The number of benzene rings is 2. The quantitative estimate of drug-likeness (QED) is 0.672. The summed E-state index contributed by atoms with van der Waals surface area (Å²) >= 11 is 0. The number of nitrogens with zero attached hydrogens (tertiary/aromatic N) is 2. The number of aryl methyl sites for hydroxylation is 2. The van der Waals surface area contributed by atoms with Gasteiger partial charge in [0.05, 0.1) is 25.5 Å². The van der Waals surface area contributed by atoms with Gasteiger partial charge in [-0.15, -0.1) is 0 Å². The molecule has 1 aliphatic rings. The number of hydrogen-bond donors (Lipinski definition) is 2. The van der Waals surface area contributed by atoms with Crippen LogP contribution in [-0.4, -0.2) is 52.2 Å². The molecule has 2 aromatic carbocycles. The Balaban J connectivity index is 1.69. The molecule has 3 rings (SSSR count). The van der Waals surface area contributed by atoms with Crippen molar-refractivity contribution in [3.05, 3.63) is 65.2 Å². The third-order valence-electron chi connectivity index (χ3n) is 5.09. The Labute approximate surface area is 171 Å². The van der Waals surface area contributed by atoms with Gasteiger partial charge >= 0.3 is 0 Å². The fourth-order valence-corrected chi connectivity index (χ4v) is 3.60. The molecule has 0 aromatic heterocycles. The monoisotopic (exact) mass is 396 g/mol. The van der Waals surface area contributed by atoms with Crippen molar-refractivity contribution in [2.75, 3.05) is 19.8 Å². The largest absolute Gasteiger partial charge is 0.494 e. The maximum Gasteiger partial charge on any atom is 0.243 e. The zero-order valence-corrected chi connectivity index (χ0v) is 17.0. The number of para-hydroxylation sites is 1. The molecule has 1 amide bonds. The Morgan fingerprint density at radius 3 is 2.38 bits per heavy atom. The normalized spacial score (nSPS) is 15.3. The van der Waals surface area contributed by atoms with E-state index in [-0.39, 0.29) is 25.5 Å². The van der Waals surface area contributed by atoms with Gasteiger partial charge in [-0.3, -0.25) is 4.79 Å². The molecule has 0 radical (unpaired) electrons. The number of ether oxygens (including phenoxy) is 1. The topological polar surface area (TPSA) is 82.4 Å². The van der Waals surface area contributed by atoms with Gasteiger partial charge < -0.3 is 14.9 Å². The molecule has 0 atom stereocenters. The number of hydrazone groups is 1. The molecule has 1 aliphatic heterocycles. The third kappa shape index (κ3) is 4.83. The first kappa shape index (κ1) is 21.0. The van der Waals surface area contributed by atoms with Crippen LogP contribution in [0.2, 0.25) is 0 Å². The van der Waals surface area contributed by atoms with Gasteiger partial charge in [0.15, 0.2) is 0 Å². The van der Waals surface area contributed by atoms with E-state index in [0.717, 1.165) is 22.4 Å². The predicted molar refractivity (Wildman–Crippen MR) is 112 cm³/mol. The number of carbonyl (C=O) groups is 1. The van der Waals surface area contributed by atoms with Gasteiger partial charge in [-0.05, 0) is 38.0 Å². The van der Waals surface area contributed by atoms with Gasteiger partial charge in [0.2, 0.25) is 5.91 Å². The van der Waals surface area contributed by atoms with E-state index in [9.17, 15) is 15.0 Å². The second-order valence-electron chi connectivity index (χ2n) is 7.61. The van der Waals surface area contributed by atoms with Crippen molar-refractivity contribution < 1.29 is 19.7 Å². The minimum atomic E-state index is -1.11. The second-order valence-corrected chi connectivity index (χ2v) is 7.61. The molecule has 2 N–H and O–H groups in total. The SMILES string of the molecule is Cc1cc(C)cc(C2=NN(C(=O)CCCOc3ccccc3)C(CO)(CO)C2)c1.